The van der Waals surface area contributed by atoms with E-state index in [-0.39, 0.29) is 0 Å². The van der Waals surface area contributed by atoms with Crippen molar-refractivity contribution in [3.63, 3.8) is 0 Å². The summed E-state index contributed by atoms with van der Waals surface area (Å²) in [4.78, 5) is 10.8. The van der Waals surface area contributed by atoms with Crippen LogP contribution in [0.3, 0.4) is 0 Å². The van der Waals surface area contributed by atoms with Gasteiger partial charge in [0.15, 0.2) is 0 Å². The first kappa shape index (κ1) is 12.9. The van der Waals surface area contributed by atoms with Crippen molar-refractivity contribution in [1.82, 2.24) is 15.3 Å². The third-order valence-corrected chi connectivity index (χ3v) is 3.67. The lowest BCUT2D eigenvalue weighted by Crippen LogP contribution is -2.39. The quantitative estimate of drug-likeness (QED) is 0.920. The topological polar surface area (TPSA) is 50.3 Å². The molecule has 1 aliphatic heterocycles. The second-order valence-electron chi connectivity index (χ2n) is 4.92. The molecule has 1 aliphatic rings. The molecule has 3 heterocycles. The van der Waals surface area contributed by atoms with Gasteiger partial charge in [-0.05, 0) is 23.8 Å². The lowest BCUT2D eigenvalue weighted by Gasteiger charge is -2.27. The smallest absolute Gasteiger partial charge is 0.137 e. The molecule has 0 saturated carbocycles. The number of rotatable bonds is 4. The first-order valence-corrected chi connectivity index (χ1v) is 6.68. The zero-order valence-electron chi connectivity index (χ0n) is 11.7. The molecule has 20 heavy (non-hydrogen) atoms. The van der Waals surface area contributed by atoms with E-state index >= 15 is 0 Å². The predicted octanol–water partition coefficient (Wildman–Crippen LogP) is 1.94. The second kappa shape index (κ2) is 5.46. The van der Waals surface area contributed by atoms with Gasteiger partial charge in [-0.15, -0.1) is 0 Å². The number of methoxy groups -OCH3 is 1. The molecule has 2 aromatic rings. The van der Waals surface area contributed by atoms with Gasteiger partial charge in [0, 0.05) is 32.3 Å². The molecule has 0 radical (unpaired) electrons. The van der Waals surface area contributed by atoms with Crippen LogP contribution in [0.5, 0.6) is 5.75 Å². The van der Waals surface area contributed by atoms with E-state index in [1.54, 1.807) is 13.3 Å². The van der Waals surface area contributed by atoms with Gasteiger partial charge in [-0.1, -0.05) is 6.07 Å². The summed E-state index contributed by atoms with van der Waals surface area (Å²) in [5, 5.41) is 3.27. The van der Waals surface area contributed by atoms with Crippen molar-refractivity contribution >= 4 is 11.6 Å². The number of hydrogen-bond acceptors (Lipinski definition) is 5. The van der Waals surface area contributed by atoms with E-state index in [9.17, 15) is 0 Å². The van der Waals surface area contributed by atoms with Crippen molar-refractivity contribution in [2.75, 3.05) is 32.1 Å². The van der Waals surface area contributed by atoms with Crippen molar-refractivity contribution in [3.8, 4) is 5.75 Å². The number of nitrogens with zero attached hydrogens (tertiary/aromatic N) is 3. The average Bonchev–Trinajstić information content (AvgIpc) is 2.46. The minimum atomic E-state index is 0.612. The lowest BCUT2D eigenvalue weighted by molar-refractivity contribution is 0.413. The molecule has 1 saturated heterocycles. The molecule has 5 heteroatoms. The minimum Gasteiger partial charge on any atom is -0.495 e. The van der Waals surface area contributed by atoms with Crippen LogP contribution in [0.2, 0.25) is 0 Å². The number of pyridine rings is 2. The summed E-state index contributed by atoms with van der Waals surface area (Å²) < 4.78 is 5.11. The predicted molar refractivity (Wildman–Crippen MR) is 78.7 cm³/mol. The van der Waals surface area contributed by atoms with Crippen molar-refractivity contribution < 1.29 is 4.74 Å². The van der Waals surface area contributed by atoms with Crippen molar-refractivity contribution in [2.45, 2.75) is 5.92 Å². The molecule has 0 amide bonds. The molecule has 3 rings (SSSR count). The average molecular weight is 270 g/mol. The molecule has 1 N–H and O–H groups in total. The Morgan fingerprint density at radius 3 is 2.25 bits per heavy atom. The van der Waals surface area contributed by atoms with Gasteiger partial charge >= 0.3 is 0 Å². The van der Waals surface area contributed by atoms with Gasteiger partial charge in [-0.2, -0.15) is 0 Å². The van der Waals surface area contributed by atoms with Crippen LogP contribution in [-0.4, -0.2) is 37.2 Å². The van der Waals surface area contributed by atoms with E-state index in [1.165, 1.54) is 5.56 Å². The van der Waals surface area contributed by atoms with Gasteiger partial charge in [-0.3, -0.25) is 0 Å². The third-order valence-electron chi connectivity index (χ3n) is 3.67. The Labute approximate surface area is 118 Å². The fraction of sp³-hybridized carbons (Fsp3) is 0.333. The summed E-state index contributed by atoms with van der Waals surface area (Å²) in [5.74, 6) is 3.10. The number of anilines is 2. The molecule has 0 spiro atoms. The van der Waals surface area contributed by atoms with Gasteiger partial charge in [0.25, 0.3) is 0 Å². The first-order chi connectivity index (χ1) is 9.78. The fourth-order valence-corrected chi connectivity index (χ4v) is 2.17. The fourth-order valence-electron chi connectivity index (χ4n) is 2.17. The van der Waals surface area contributed by atoms with Gasteiger partial charge in [0.05, 0.1) is 13.3 Å². The van der Waals surface area contributed by atoms with E-state index in [0.29, 0.717) is 5.92 Å². The molecule has 0 aromatic carbocycles. The highest BCUT2D eigenvalue weighted by Gasteiger charge is 2.19. The summed E-state index contributed by atoms with van der Waals surface area (Å²) in [7, 11) is 3.59. The maximum atomic E-state index is 5.11. The normalized spacial score (nSPS) is 14.7. The first-order valence-electron chi connectivity index (χ1n) is 6.68. The van der Waals surface area contributed by atoms with Crippen molar-refractivity contribution in [3.05, 3.63) is 42.2 Å². The van der Waals surface area contributed by atoms with Crippen LogP contribution in [0, 0.1) is 0 Å². The molecule has 1 fully saturated rings. The van der Waals surface area contributed by atoms with Crippen LogP contribution in [0.4, 0.5) is 11.6 Å². The molecule has 104 valence electrons. The van der Waals surface area contributed by atoms with Crippen LogP contribution < -0.4 is 15.0 Å². The zero-order chi connectivity index (χ0) is 13.9. The van der Waals surface area contributed by atoms with E-state index < -0.39 is 0 Å². The summed E-state index contributed by atoms with van der Waals surface area (Å²) in [5.41, 5.74) is 1.29. The van der Waals surface area contributed by atoms with Crippen LogP contribution in [-0.2, 0) is 0 Å². The van der Waals surface area contributed by atoms with E-state index in [0.717, 1.165) is 30.5 Å². The molecular weight excluding hydrogens is 252 g/mol. The Balaban J connectivity index is 1.76. The van der Waals surface area contributed by atoms with Gasteiger partial charge < -0.3 is 15.0 Å². The Kier molecular flexibility index (Phi) is 3.52. The molecule has 0 aliphatic carbocycles. The van der Waals surface area contributed by atoms with Crippen molar-refractivity contribution in [2.24, 2.45) is 0 Å². The second-order valence-corrected chi connectivity index (χ2v) is 4.92. The molecule has 0 bridgehead atoms. The summed E-state index contributed by atoms with van der Waals surface area (Å²) >= 11 is 0. The molecule has 0 unspecified atom stereocenters. The van der Waals surface area contributed by atoms with Crippen LogP contribution >= 0.6 is 0 Å². The lowest BCUT2D eigenvalue weighted by atomic mass is 9.95. The standard InChI is InChI=1S/C15H18N4O/c1-19(15-6-4-13(20-2)10-18-15)14-5-3-11(9-17-14)12-7-16-8-12/h3-6,9-10,12,16H,7-8H2,1-2H3. The Hall–Kier alpha value is -2.14. The van der Waals surface area contributed by atoms with Gasteiger partial charge in [0.1, 0.15) is 17.4 Å². The van der Waals surface area contributed by atoms with E-state index in [2.05, 4.69) is 21.4 Å². The van der Waals surface area contributed by atoms with Gasteiger partial charge in [0.2, 0.25) is 0 Å². The summed E-state index contributed by atoms with van der Waals surface area (Å²) in [6, 6.07) is 8.00. The van der Waals surface area contributed by atoms with Crippen LogP contribution in [0.1, 0.15) is 11.5 Å². The minimum absolute atomic E-state index is 0.612. The SMILES string of the molecule is COc1ccc(N(C)c2ccc(C3CNC3)cn2)nc1. The number of aromatic nitrogens is 2. The monoisotopic (exact) mass is 270 g/mol. The molecular formula is C15H18N4O. The van der Waals surface area contributed by atoms with Crippen LogP contribution in [0.25, 0.3) is 0 Å². The highest BCUT2D eigenvalue weighted by Crippen LogP contribution is 2.24. The van der Waals surface area contributed by atoms with E-state index in [4.69, 9.17) is 4.74 Å². The number of nitrogens with one attached hydrogen (secondary N) is 1. The summed E-state index contributed by atoms with van der Waals surface area (Å²) in [6.45, 7) is 2.10. The Morgan fingerprint density at radius 1 is 1.10 bits per heavy atom. The maximum absolute atomic E-state index is 5.11. The Bertz CT molecular complexity index is 563. The molecule has 2 aromatic heterocycles. The maximum Gasteiger partial charge on any atom is 0.137 e. The highest BCUT2D eigenvalue weighted by molar-refractivity contribution is 5.55. The zero-order valence-corrected chi connectivity index (χ0v) is 11.7. The van der Waals surface area contributed by atoms with Crippen molar-refractivity contribution in [1.29, 1.82) is 0 Å². The van der Waals surface area contributed by atoms with Crippen LogP contribution in [0.15, 0.2) is 36.7 Å². The molecule has 5 nitrogen and oxygen atoms in total. The number of hydrogen-bond donors (Lipinski definition) is 1. The highest BCUT2D eigenvalue weighted by atomic mass is 16.5. The summed E-state index contributed by atoms with van der Waals surface area (Å²) in [6.07, 6.45) is 3.67. The largest absolute Gasteiger partial charge is 0.495 e. The molecule has 0 atom stereocenters. The number of ether oxygens (including phenoxy) is 1. The van der Waals surface area contributed by atoms with E-state index in [1.807, 2.05) is 36.3 Å². The Morgan fingerprint density at radius 2 is 1.80 bits per heavy atom. The third kappa shape index (κ3) is 2.44. The van der Waals surface area contributed by atoms with Gasteiger partial charge in [-0.25, -0.2) is 9.97 Å².